The molecule has 0 aliphatic heterocycles. The lowest BCUT2D eigenvalue weighted by Gasteiger charge is -2.09. The van der Waals surface area contributed by atoms with Gasteiger partial charge in [-0.1, -0.05) is 5.11 Å². The van der Waals surface area contributed by atoms with E-state index in [1.54, 1.807) is 0 Å². The summed E-state index contributed by atoms with van der Waals surface area (Å²) in [5, 5.41) is 3.59. The van der Waals surface area contributed by atoms with Crippen molar-refractivity contribution in [2.45, 2.75) is 18.4 Å². The summed E-state index contributed by atoms with van der Waals surface area (Å²) < 4.78 is 36.7. The van der Waals surface area contributed by atoms with E-state index < -0.39 is 20.6 Å². The van der Waals surface area contributed by atoms with Gasteiger partial charge in [-0.05, 0) is 24.1 Å². The van der Waals surface area contributed by atoms with Crippen molar-refractivity contribution in [1.29, 1.82) is 0 Å². The van der Waals surface area contributed by atoms with Crippen molar-refractivity contribution in [3.8, 4) is 0 Å². The Morgan fingerprint density at radius 1 is 1.48 bits per heavy atom. The number of benzene rings is 1. The number of nitrogens with zero attached hydrogens (tertiary/aromatic N) is 3. The topological polar surface area (TPSA) is 159 Å². The number of nitrogen functional groups attached to an aromatic ring is 1. The highest BCUT2D eigenvalue weighted by molar-refractivity contribution is 7.86. The highest BCUT2D eigenvalue weighted by atomic mass is 32.2. The third-order valence-corrected chi connectivity index (χ3v) is 3.88. The second kappa shape index (κ2) is 5.09. The molecule has 21 heavy (non-hydrogen) atoms. The molecule has 0 atom stereocenters. The van der Waals surface area contributed by atoms with E-state index in [0.29, 0.717) is 5.56 Å². The van der Waals surface area contributed by atoms with Gasteiger partial charge in [0.2, 0.25) is 0 Å². The predicted molar refractivity (Wildman–Crippen MR) is 74.3 cm³/mol. The Kier molecular flexibility index (Phi) is 3.60. The number of fused-ring (bicyclic) bond motifs is 1. The van der Waals surface area contributed by atoms with Gasteiger partial charge in [-0.15, -0.1) is 0 Å². The molecule has 9 nitrogen and oxygen atoms in total. The molecule has 2 rings (SSSR count). The number of anilines is 1. The van der Waals surface area contributed by atoms with Gasteiger partial charge in [0, 0.05) is 21.9 Å². The van der Waals surface area contributed by atoms with Crippen LogP contribution in [0.3, 0.4) is 0 Å². The van der Waals surface area contributed by atoms with Gasteiger partial charge in [0.05, 0.1) is 12.2 Å². The smallest absolute Gasteiger partial charge is 0.339 e. The SMILES string of the molecule is Cc1c(CN=[N+]=[N-])c2cc(S(=O)(=O)O)c(N)cc2oc1=O. The summed E-state index contributed by atoms with van der Waals surface area (Å²) >= 11 is 0. The maximum atomic E-state index is 11.7. The van der Waals surface area contributed by atoms with Crippen molar-refractivity contribution in [2.24, 2.45) is 5.11 Å². The van der Waals surface area contributed by atoms with Crippen LogP contribution in [0.15, 0.2) is 31.4 Å². The summed E-state index contributed by atoms with van der Waals surface area (Å²) in [7, 11) is -4.53. The lowest BCUT2D eigenvalue weighted by Crippen LogP contribution is -2.09. The molecule has 0 fully saturated rings. The van der Waals surface area contributed by atoms with E-state index in [1.807, 2.05) is 0 Å². The summed E-state index contributed by atoms with van der Waals surface area (Å²) in [5.74, 6) is 0. The van der Waals surface area contributed by atoms with Crippen molar-refractivity contribution in [2.75, 3.05) is 5.73 Å². The van der Waals surface area contributed by atoms with E-state index in [-0.39, 0.29) is 28.8 Å². The van der Waals surface area contributed by atoms with Crippen molar-refractivity contribution in [3.63, 3.8) is 0 Å². The zero-order chi connectivity index (χ0) is 15.8. The highest BCUT2D eigenvalue weighted by Crippen LogP contribution is 2.28. The van der Waals surface area contributed by atoms with E-state index >= 15 is 0 Å². The fourth-order valence-electron chi connectivity index (χ4n) is 1.93. The first-order valence-electron chi connectivity index (χ1n) is 5.60. The third-order valence-electron chi connectivity index (χ3n) is 2.97. The molecule has 0 aliphatic carbocycles. The van der Waals surface area contributed by atoms with E-state index in [0.717, 1.165) is 12.1 Å². The Hall–Kier alpha value is -2.55. The Morgan fingerprint density at radius 3 is 2.71 bits per heavy atom. The van der Waals surface area contributed by atoms with Crippen molar-refractivity contribution < 1.29 is 17.4 Å². The standard InChI is InChI=1S/C11H10N4O5S/c1-5-7(4-14-15-13)6-2-10(21(17,18)19)8(12)3-9(6)20-11(5)16/h2-3H,4,12H2,1H3,(H,17,18,19). The summed E-state index contributed by atoms with van der Waals surface area (Å²) in [6.45, 7) is 1.29. The largest absolute Gasteiger partial charge is 0.422 e. The fraction of sp³-hybridized carbons (Fsp3) is 0.182. The van der Waals surface area contributed by atoms with Crippen molar-refractivity contribution in [3.05, 3.63) is 44.1 Å². The van der Waals surface area contributed by atoms with Crippen LogP contribution in [0.25, 0.3) is 21.4 Å². The van der Waals surface area contributed by atoms with Crippen LogP contribution in [-0.2, 0) is 16.7 Å². The zero-order valence-electron chi connectivity index (χ0n) is 10.8. The molecule has 0 radical (unpaired) electrons. The quantitative estimate of drug-likeness (QED) is 0.219. The molecule has 0 bridgehead atoms. The van der Waals surface area contributed by atoms with Gasteiger partial charge in [-0.2, -0.15) is 8.42 Å². The molecule has 2 aromatic rings. The predicted octanol–water partition coefficient (Wildman–Crippen LogP) is 1.74. The van der Waals surface area contributed by atoms with Crippen LogP contribution in [-0.4, -0.2) is 13.0 Å². The minimum atomic E-state index is -4.53. The molecule has 10 heteroatoms. The van der Waals surface area contributed by atoms with Crippen LogP contribution in [0.1, 0.15) is 11.1 Å². The summed E-state index contributed by atoms with van der Waals surface area (Å²) in [6, 6.07) is 2.21. The maximum absolute atomic E-state index is 11.7. The number of azide groups is 1. The second-order valence-corrected chi connectivity index (χ2v) is 5.63. The van der Waals surface area contributed by atoms with E-state index in [4.69, 9.17) is 20.2 Å². The van der Waals surface area contributed by atoms with Crippen molar-refractivity contribution >= 4 is 26.8 Å². The molecule has 1 aromatic carbocycles. The fourth-order valence-corrected chi connectivity index (χ4v) is 2.55. The average molecular weight is 310 g/mol. The van der Waals surface area contributed by atoms with Gasteiger partial charge in [-0.3, -0.25) is 4.55 Å². The first kappa shape index (κ1) is 14.9. The zero-order valence-corrected chi connectivity index (χ0v) is 11.6. The number of hydrogen-bond acceptors (Lipinski definition) is 6. The Bertz CT molecular complexity index is 941. The van der Waals surface area contributed by atoms with Gasteiger partial charge in [-0.25, -0.2) is 4.79 Å². The lowest BCUT2D eigenvalue weighted by atomic mass is 10.1. The summed E-state index contributed by atoms with van der Waals surface area (Å²) in [4.78, 5) is 13.8. The molecule has 1 aromatic heterocycles. The number of nitrogens with two attached hydrogens (primary N) is 1. The lowest BCUT2D eigenvalue weighted by molar-refractivity contribution is 0.483. The number of rotatable bonds is 3. The maximum Gasteiger partial charge on any atom is 0.339 e. The molecule has 110 valence electrons. The molecule has 1 heterocycles. The van der Waals surface area contributed by atoms with Crippen molar-refractivity contribution in [1.82, 2.24) is 0 Å². The minimum absolute atomic E-state index is 0.0404. The van der Waals surface area contributed by atoms with Crippen LogP contribution in [0, 0.1) is 6.92 Å². The summed E-state index contributed by atoms with van der Waals surface area (Å²) in [5.41, 5.74) is 13.5. The number of hydrogen-bond donors (Lipinski definition) is 2. The van der Waals surface area contributed by atoms with Crippen LogP contribution >= 0.6 is 0 Å². The van der Waals surface area contributed by atoms with E-state index in [9.17, 15) is 13.2 Å². The first-order valence-corrected chi connectivity index (χ1v) is 7.04. The monoisotopic (exact) mass is 310 g/mol. The summed E-state index contributed by atoms with van der Waals surface area (Å²) in [6.07, 6.45) is 0. The normalized spacial score (nSPS) is 11.3. The van der Waals surface area contributed by atoms with E-state index in [2.05, 4.69) is 10.0 Å². The molecule has 0 unspecified atom stereocenters. The molecule has 3 N–H and O–H groups in total. The average Bonchev–Trinajstić information content (AvgIpc) is 2.38. The third kappa shape index (κ3) is 2.68. The molecule has 0 saturated heterocycles. The molecule has 0 amide bonds. The molecule has 0 aliphatic rings. The van der Waals surface area contributed by atoms with E-state index in [1.165, 1.54) is 6.92 Å². The molecule has 0 saturated carbocycles. The minimum Gasteiger partial charge on any atom is -0.422 e. The van der Waals surface area contributed by atoms with Gasteiger partial charge >= 0.3 is 5.63 Å². The Labute approximate surface area is 118 Å². The van der Waals surface area contributed by atoms with Gasteiger partial charge in [0.25, 0.3) is 10.1 Å². The molecule has 0 spiro atoms. The first-order chi connectivity index (χ1) is 9.75. The van der Waals surface area contributed by atoms with Gasteiger partial charge < -0.3 is 10.2 Å². The van der Waals surface area contributed by atoms with Crippen LogP contribution in [0.5, 0.6) is 0 Å². The second-order valence-electron chi connectivity index (χ2n) is 4.24. The molecular formula is C11H10N4O5S. The Morgan fingerprint density at radius 2 is 2.14 bits per heavy atom. The highest BCUT2D eigenvalue weighted by Gasteiger charge is 2.19. The van der Waals surface area contributed by atoms with Gasteiger partial charge in [0.15, 0.2) is 0 Å². The van der Waals surface area contributed by atoms with Crippen LogP contribution in [0.4, 0.5) is 5.69 Å². The molecular weight excluding hydrogens is 300 g/mol. The Balaban J connectivity index is 2.95. The van der Waals surface area contributed by atoms with Gasteiger partial charge in [0.1, 0.15) is 10.5 Å². The van der Waals surface area contributed by atoms with Crippen LogP contribution < -0.4 is 11.4 Å². The van der Waals surface area contributed by atoms with Crippen LogP contribution in [0.2, 0.25) is 0 Å².